The summed E-state index contributed by atoms with van der Waals surface area (Å²) in [5, 5.41) is 14.7. The van der Waals surface area contributed by atoms with Gasteiger partial charge in [0.2, 0.25) is 11.8 Å². The first-order valence-corrected chi connectivity index (χ1v) is 9.18. The summed E-state index contributed by atoms with van der Waals surface area (Å²) >= 11 is 0. The molecule has 1 heterocycles. The van der Waals surface area contributed by atoms with Crippen LogP contribution in [0.1, 0.15) is 30.7 Å². The van der Waals surface area contributed by atoms with E-state index in [1.165, 1.54) is 12.1 Å². The second-order valence-corrected chi connectivity index (χ2v) is 7.28. The van der Waals surface area contributed by atoms with Crippen LogP contribution in [0.15, 0.2) is 24.3 Å². The van der Waals surface area contributed by atoms with Crippen molar-refractivity contribution in [2.75, 3.05) is 12.3 Å². The first-order valence-electron chi connectivity index (χ1n) is 7.57. The molecule has 2 rings (SSSR count). The number of phenolic OH excluding ortho intramolecular Hbond substituents is 1. The Morgan fingerprint density at radius 2 is 2.00 bits per heavy atom. The molecule has 1 fully saturated rings. The topological polar surface area (TPSA) is 133 Å². The molecule has 1 aliphatic heterocycles. The third-order valence-electron chi connectivity index (χ3n) is 3.86. The highest BCUT2D eigenvalue weighted by Crippen LogP contribution is 2.27. The number of hydrogen-bond donors (Lipinski definition) is 4. The van der Waals surface area contributed by atoms with E-state index in [2.05, 4.69) is 10.6 Å². The molecule has 1 aromatic rings. The summed E-state index contributed by atoms with van der Waals surface area (Å²) in [4.78, 5) is 24.2. The van der Waals surface area contributed by atoms with Crippen molar-refractivity contribution >= 4 is 21.9 Å². The maximum absolute atomic E-state index is 12.5. The lowest BCUT2D eigenvalue weighted by atomic mass is 9.85. The van der Waals surface area contributed by atoms with Crippen molar-refractivity contribution in [3.05, 3.63) is 29.8 Å². The van der Waals surface area contributed by atoms with Crippen molar-refractivity contribution in [3.8, 4) is 5.75 Å². The number of phenols is 1. The highest BCUT2D eigenvalue weighted by atomic mass is 32.2. The van der Waals surface area contributed by atoms with E-state index in [1.807, 2.05) is 0 Å². The number of hydrogen-bond acceptors (Lipinski definition) is 5. The third kappa shape index (κ3) is 5.20. The van der Waals surface area contributed by atoms with Gasteiger partial charge in [0.15, 0.2) is 0 Å². The Hall–Kier alpha value is -2.13. The molecule has 0 spiro atoms. The Kier molecular flexibility index (Phi) is 5.79. The summed E-state index contributed by atoms with van der Waals surface area (Å²) in [7, 11) is -4.17. The number of carbonyl (C=O) groups excluding carboxylic acids is 2. The van der Waals surface area contributed by atoms with Gasteiger partial charge in [0.25, 0.3) is 10.1 Å². The molecule has 2 unspecified atom stereocenters. The minimum absolute atomic E-state index is 0.0527. The molecule has 132 valence electrons. The molecule has 0 radical (unpaired) electrons. The van der Waals surface area contributed by atoms with Crippen LogP contribution in [0.4, 0.5) is 0 Å². The van der Waals surface area contributed by atoms with Gasteiger partial charge in [0.05, 0.1) is 11.7 Å². The molecular formula is C15H20N2O6S. The van der Waals surface area contributed by atoms with Crippen LogP contribution in [0.5, 0.6) is 5.75 Å². The van der Waals surface area contributed by atoms with Gasteiger partial charge < -0.3 is 15.7 Å². The molecule has 0 aromatic heterocycles. The van der Waals surface area contributed by atoms with Crippen LogP contribution in [-0.4, -0.2) is 48.2 Å². The Balaban J connectivity index is 2.16. The summed E-state index contributed by atoms with van der Waals surface area (Å²) in [6, 6.07) is 5.64. The molecule has 8 nitrogen and oxygen atoms in total. The number of amides is 2. The number of nitrogens with one attached hydrogen (secondary N) is 2. The van der Waals surface area contributed by atoms with Gasteiger partial charge in [0, 0.05) is 19.0 Å². The van der Waals surface area contributed by atoms with Crippen molar-refractivity contribution in [2.45, 2.75) is 31.2 Å². The first-order chi connectivity index (χ1) is 11.3. The Morgan fingerprint density at radius 3 is 2.58 bits per heavy atom. The second-order valence-electron chi connectivity index (χ2n) is 5.71. The smallest absolute Gasteiger partial charge is 0.266 e. The van der Waals surface area contributed by atoms with Crippen LogP contribution in [0.2, 0.25) is 0 Å². The molecule has 2 amide bonds. The Labute approximate surface area is 140 Å². The van der Waals surface area contributed by atoms with Gasteiger partial charge in [-0.1, -0.05) is 12.1 Å². The minimum atomic E-state index is -4.17. The van der Waals surface area contributed by atoms with Crippen LogP contribution in [0.3, 0.4) is 0 Å². The number of piperidine rings is 1. The van der Waals surface area contributed by atoms with Gasteiger partial charge in [-0.05, 0) is 30.5 Å². The van der Waals surface area contributed by atoms with Crippen LogP contribution >= 0.6 is 0 Å². The number of benzene rings is 1. The van der Waals surface area contributed by atoms with E-state index in [-0.39, 0.29) is 18.2 Å². The molecule has 0 bridgehead atoms. The first kappa shape index (κ1) is 18.2. The predicted molar refractivity (Wildman–Crippen MR) is 86.1 cm³/mol. The lowest BCUT2D eigenvalue weighted by Gasteiger charge is -2.30. The number of carbonyl (C=O) groups is 2. The summed E-state index contributed by atoms with van der Waals surface area (Å²) in [5.41, 5.74) is 0.601. The average Bonchev–Trinajstić information content (AvgIpc) is 2.48. The SMILES string of the molecule is O=C1CCCC(C(C(=O)NCCS(=O)(=O)O)c2ccc(O)cc2)N1. The van der Waals surface area contributed by atoms with Gasteiger partial charge in [-0.25, -0.2) is 0 Å². The molecular weight excluding hydrogens is 336 g/mol. The maximum atomic E-state index is 12.5. The summed E-state index contributed by atoms with van der Waals surface area (Å²) in [6.07, 6.45) is 1.68. The molecule has 9 heteroatoms. The van der Waals surface area contributed by atoms with Gasteiger partial charge >= 0.3 is 0 Å². The quantitative estimate of drug-likeness (QED) is 0.536. The molecule has 0 aliphatic carbocycles. The summed E-state index contributed by atoms with van der Waals surface area (Å²) in [6.45, 7) is -0.229. The van der Waals surface area contributed by atoms with E-state index < -0.39 is 33.7 Å². The zero-order valence-corrected chi connectivity index (χ0v) is 13.8. The van der Waals surface area contributed by atoms with Gasteiger partial charge in [-0.3, -0.25) is 14.1 Å². The van der Waals surface area contributed by atoms with E-state index in [1.54, 1.807) is 12.1 Å². The monoisotopic (exact) mass is 356 g/mol. The van der Waals surface area contributed by atoms with E-state index in [9.17, 15) is 23.1 Å². The largest absolute Gasteiger partial charge is 0.508 e. The fourth-order valence-electron chi connectivity index (χ4n) is 2.74. The lowest BCUT2D eigenvalue weighted by Crippen LogP contribution is -2.48. The number of aromatic hydroxyl groups is 1. The molecule has 1 aliphatic rings. The van der Waals surface area contributed by atoms with Gasteiger partial charge in [-0.2, -0.15) is 8.42 Å². The molecule has 2 atom stereocenters. The van der Waals surface area contributed by atoms with Crippen molar-refractivity contribution in [3.63, 3.8) is 0 Å². The van der Waals surface area contributed by atoms with Crippen LogP contribution in [0.25, 0.3) is 0 Å². The van der Waals surface area contributed by atoms with Gasteiger partial charge in [0.1, 0.15) is 5.75 Å². The second kappa shape index (κ2) is 7.63. The van der Waals surface area contributed by atoms with Crippen molar-refractivity contribution < 1.29 is 27.7 Å². The van der Waals surface area contributed by atoms with Crippen LogP contribution < -0.4 is 10.6 Å². The van der Waals surface area contributed by atoms with Crippen LogP contribution in [0, 0.1) is 0 Å². The fraction of sp³-hybridized carbons (Fsp3) is 0.467. The normalized spacial score (nSPS) is 19.4. The van der Waals surface area contributed by atoms with E-state index >= 15 is 0 Å². The zero-order valence-electron chi connectivity index (χ0n) is 12.9. The van der Waals surface area contributed by atoms with Crippen LogP contribution in [-0.2, 0) is 19.7 Å². The zero-order chi connectivity index (χ0) is 17.7. The lowest BCUT2D eigenvalue weighted by molar-refractivity contribution is -0.126. The van der Waals surface area contributed by atoms with Gasteiger partial charge in [-0.15, -0.1) is 0 Å². The number of rotatable bonds is 6. The molecule has 0 saturated carbocycles. The minimum Gasteiger partial charge on any atom is -0.508 e. The maximum Gasteiger partial charge on any atom is 0.266 e. The van der Waals surface area contributed by atoms with E-state index in [0.29, 0.717) is 24.8 Å². The predicted octanol–water partition coefficient (Wildman–Crippen LogP) is 0.149. The fourth-order valence-corrected chi connectivity index (χ4v) is 3.10. The summed E-state index contributed by atoms with van der Waals surface area (Å²) in [5.74, 6) is -1.83. The van der Waals surface area contributed by atoms with Crippen molar-refractivity contribution in [1.29, 1.82) is 0 Å². The van der Waals surface area contributed by atoms with E-state index in [4.69, 9.17) is 4.55 Å². The molecule has 24 heavy (non-hydrogen) atoms. The highest BCUT2D eigenvalue weighted by Gasteiger charge is 2.33. The molecule has 1 aromatic carbocycles. The molecule has 1 saturated heterocycles. The Bertz CT molecular complexity index is 701. The standard InChI is InChI=1S/C15H20N2O6S/c18-11-6-4-10(5-7-11)14(12-2-1-3-13(19)17-12)15(20)16-8-9-24(21,22)23/h4-7,12,14,18H,1-3,8-9H2,(H,16,20)(H,17,19)(H,21,22,23). The van der Waals surface area contributed by atoms with E-state index in [0.717, 1.165) is 0 Å². The van der Waals surface area contributed by atoms with Crippen molar-refractivity contribution in [2.24, 2.45) is 0 Å². The Morgan fingerprint density at radius 1 is 1.33 bits per heavy atom. The van der Waals surface area contributed by atoms with Crippen molar-refractivity contribution in [1.82, 2.24) is 10.6 Å². The summed E-state index contributed by atoms with van der Waals surface area (Å²) < 4.78 is 30.2. The highest BCUT2D eigenvalue weighted by molar-refractivity contribution is 7.85. The average molecular weight is 356 g/mol. The molecule has 4 N–H and O–H groups in total. The third-order valence-corrected chi connectivity index (χ3v) is 4.58.